The Morgan fingerprint density at radius 2 is 1.76 bits per heavy atom. The molecule has 0 saturated heterocycles. The van der Waals surface area contributed by atoms with Crippen LogP contribution in [-0.2, 0) is 20.8 Å². The molecule has 1 fully saturated rings. The number of hydrogen-bond acceptors (Lipinski definition) is 9. The van der Waals surface area contributed by atoms with Crippen LogP contribution in [-0.4, -0.2) is 82.6 Å². The van der Waals surface area contributed by atoms with Crippen molar-refractivity contribution in [2.45, 2.75) is 24.5 Å². The van der Waals surface area contributed by atoms with Crippen LogP contribution in [0.2, 0.25) is 0 Å². The number of Topliss-reactive ketones (excluding diaryl/α,β-unsaturated/α-hetero) is 2. The van der Waals surface area contributed by atoms with E-state index in [4.69, 9.17) is 5.73 Å². The van der Waals surface area contributed by atoms with E-state index in [1.165, 1.54) is 4.90 Å². The molecule has 4 atom stereocenters. The average Bonchev–Trinajstić information content (AvgIpc) is 2.70. The van der Waals surface area contributed by atoms with Gasteiger partial charge in [0, 0.05) is 25.6 Å². The summed E-state index contributed by atoms with van der Waals surface area (Å²) in [5, 5.41) is 44.2. The zero-order valence-electron chi connectivity index (χ0n) is 18.8. The first-order valence-electron chi connectivity index (χ1n) is 10.5. The van der Waals surface area contributed by atoms with Gasteiger partial charge >= 0.3 is 0 Å². The van der Waals surface area contributed by atoms with Crippen molar-refractivity contribution in [1.82, 2.24) is 4.90 Å². The van der Waals surface area contributed by atoms with Crippen LogP contribution >= 0.6 is 0 Å². The molecule has 1 saturated carbocycles. The first-order chi connectivity index (χ1) is 15.3. The fourth-order valence-corrected chi connectivity index (χ4v) is 5.57. The Labute approximate surface area is 190 Å². The van der Waals surface area contributed by atoms with Gasteiger partial charge in [-0.25, -0.2) is 0 Å². The van der Waals surface area contributed by atoms with Crippen LogP contribution in [0.3, 0.4) is 0 Å². The molecule has 176 valence electrons. The highest BCUT2D eigenvalue weighted by Gasteiger charge is 2.64. The number of amides is 1. The highest BCUT2D eigenvalue weighted by atomic mass is 16.3. The summed E-state index contributed by atoms with van der Waals surface area (Å²) in [5.41, 5.74) is 2.82. The normalized spacial score (nSPS) is 29.1. The minimum absolute atomic E-state index is 0.0714. The smallest absolute Gasteiger partial charge is 0.255 e. The molecule has 10 nitrogen and oxygen atoms in total. The number of benzene rings is 1. The lowest BCUT2D eigenvalue weighted by Gasteiger charge is -2.50. The lowest BCUT2D eigenvalue weighted by Crippen LogP contribution is -2.65. The number of anilines is 1. The van der Waals surface area contributed by atoms with Gasteiger partial charge < -0.3 is 31.1 Å². The number of phenolic OH excluding ortho intramolecular Hbond substituents is 1. The van der Waals surface area contributed by atoms with Gasteiger partial charge in [-0.05, 0) is 44.5 Å². The fraction of sp³-hybridized carbons (Fsp3) is 0.435. The number of nitrogens with zero attached hydrogens (tertiary/aromatic N) is 2. The van der Waals surface area contributed by atoms with Crippen LogP contribution in [0.15, 0.2) is 29.0 Å². The molecular weight excluding hydrogens is 430 g/mol. The van der Waals surface area contributed by atoms with Crippen LogP contribution in [0.25, 0.3) is 5.76 Å². The van der Waals surface area contributed by atoms with Crippen LogP contribution in [0.5, 0.6) is 5.75 Å². The largest absolute Gasteiger partial charge is 0.508 e. The van der Waals surface area contributed by atoms with Crippen molar-refractivity contribution in [3.8, 4) is 5.75 Å². The predicted octanol–water partition coefficient (Wildman–Crippen LogP) is 0.0300. The maximum absolute atomic E-state index is 13.7. The molecule has 0 radical (unpaired) electrons. The first-order valence-corrected chi connectivity index (χ1v) is 10.5. The summed E-state index contributed by atoms with van der Waals surface area (Å²) in [5.74, 6) is -6.50. The Balaban J connectivity index is 1.97. The Morgan fingerprint density at radius 3 is 2.30 bits per heavy atom. The van der Waals surface area contributed by atoms with Crippen LogP contribution < -0.4 is 10.6 Å². The molecule has 1 unspecified atom stereocenters. The Morgan fingerprint density at radius 1 is 1.12 bits per heavy atom. The van der Waals surface area contributed by atoms with Gasteiger partial charge in [-0.15, -0.1) is 0 Å². The molecule has 0 bridgehead atoms. The summed E-state index contributed by atoms with van der Waals surface area (Å²) in [6.45, 7) is 0. The Kier molecular flexibility index (Phi) is 5.06. The third kappa shape index (κ3) is 2.90. The number of carbonyl (C=O) groups excluding carboxylic acids is 3. The average molecular weight is 457 g/mol. The molecule has 0 aliphatic heterocycles. The quantitative estimate of drug-likeness (QED) is 0.394. The van der Waals surface area contributed by atoms with Crippen molar-refractivity contribution in [2.24, 2.45) is 17.6 Å². The molecule has 0 spiro atoms. The fourth-order valence-electron chi connectivity index (χ4n) is 5.57. The molecular formula is C23H27N3O7. The summed E-state index contributed by atoms with van der Waals surface area (Å²) in [4.78, 5) is 41.8. The molecule has 33 heavy (non-hydrogen) atoms. The van der Waals surface area contributed by atoms with E-state index in [1.54, 1.807) is 45.2 Å². The molecule has 4 rings (SSSR count). The Bertz CT molecular complexity index is 1170. The highest BCUT2D eigenvalue weighted by Crippen LogP contribution is 2.53. The highest BCUT2D eigenvalue weighted by molar-refractivity contribution is 6.24. The maximum atomic E-state index is 13.7. The zero-order valence-corrected chi connectivity index (χ0v) is 18.8. The minimum atomic E-state index is -2.63. The van der Waals surface area contributed by atoms with Gasteiger partial charge in [-0.3, -0.25) is 19.3 Å². The van der Waals surface area contributed by atoms with Crippen molar-refractivity contribution < 1.29 is 34.8 Å². The van der Waals surface area contributed by atoms with Crippen molar-refractivity contribution in [3.05, 3.63) is 40.2 Å². The maximum Gasteiger partial charge on any atom is 0.255 e. The number of rotatable bonds is 3. The topological polar surface area (TPSA) is 165 Å². The second kappa shape index (κ2) is 7.32. The van der Waals surface area contributed by atoms with Crippen LogP contribution in [0.1, 0.15) is 17.5 Å². The number of phenols is 1. The van der Waals surface area contributed by atoms with Crippen LogP contribution in [0, 0.1) is 11.8 Å². The van der Waals surface area contributed by atoms with E-state index in [0.717, 1.165) is 0 Å². The van der Waals surface area contributed by atoms with Crippen LogP contribution in [0.4, 0.5) is 5.69 Å². The minimum Gasteiger partial charge on any atom is -0.508 e. The third-order valence-electron chi connectivity index (χ3n) is 7.05. The lowest BCUT2D eigenvalue weighted by molar-refractivity contribution is -0.153. The van der Waals surface area contributed by atoms with Crippen molar-refractivity contribution >= 4 is 28.9 Å². The standard InChI is InChI=1S/C23H27N3O7/c1-25(2)12-6-5-9-7-10-8-11-16(26(3)4)19(29)15(22(24)32)21(31)23(11,33)20(30)14(10)18(28)13(9)17(12)27/h5-6,10-11,16,27-28,31,33H,7-8H2,1-4H3,(H2,24,32)/t10?,11-,16-,23-/m0/s1. The molecule has 1 aromatic carbocycles. The summed E-state index contributed by atoms with van der Waals surface area (Å²) < 4.78 is 0. The number of aliphatic hydroxyl groups excluding tert-OH is 2. The van der Waals surface area contributed by atoms with Gasteiger partial charge in [0.05, 0.1) is 17.3 Å². The Hall–Kier alpha value is -3.37. The van der Waals surface area contributed by atoms with Gasteiger partial charge in [0.15, 0.2) is 11.4 Å². The van der Waals surface area contributed by atoms with E-state index < -0.39 is 58.0 Å². The molecule has 3 aliphatic rings. The third-order valence-corrected chi connectivity index (χ3v) is 7.05. The number of nitrogens with two attached hydrogens (primary N) is 1. The molecule has 3 aliphatic carbocycles. The van der Waals surface area contributed by atoms with Crippen molar-refractivity contribution in [3.63, 3.8) is 0 Å². The number of likely N-dealkylation sites (N-methyl/N-ethyl adjacent to an activating group) is 1. The van der Waals surface area contributed by atoms with E-state index in [0.29, 0.717) is 11.3 Å². The number of hydrogen-bond donors (Lipinski definition) is 5. The lowest BCUT2D eigenvalue weighted by atomic mass is 9.57. The summed E-state index contributed by atoms with van der Waals surface area (Å²) in [6, 6.07) is 2.36. The van der Waals surface area contributed by atoms with Gasteiger partial charge in [0.2, 0.25) is 5.78 Å². The van der Waals surface area contributed by atoms with Gasteiger partial charge in [-0.2, -0.15) is 0 Å². The molecule has 10 heteroatoms. The van der Waals surface area contributed by atoms with E-state index >= 15 is 0 Å². The van der Waals surface area contributed by atoms with Gasteiger partial charge in [0.25, 0.3) is 5.91 Å². The zero-order chi connectivity index (χ0) is 24.6. The number of ketones is 2. The summed E-state index contributed by atoms with van der Waals surface area (Å²) in [6.07, 6.45) is 0.345. The summed E-state index contributed by atoms with van der Waals surface area (Å²) >= 11 is 0. The second-order valence-electron chi connectivity index (χ2n) is 9.32. The van der Waals surface area contributed by atoms with Gasteiger partial charge in [-0.1, -0.05) is 6.07 Å². The number of aliphatic hydroxyl groups is 3. The van der Waals surface area contributed by atoms with Crippen molar-refractivity contribution in [2.75, 3.05) is 33.1 Å². The van der Waals surface area contributed by atoms with E-state index in [9.17, 15) is 34.8 Å². The first kappa shape index (κ1) is 22.8. The second-order valence-corrected chi connectivity index (χ2v) is 9.32. The SMILES string of the molecule is CN(C)c1ccc2c(c1O)C(O)=C1C(=O)[C@]3(O)C(O)=C(C(N)=O)C(=O)[C@@H](N(C)C)[C@@H]3CC1C2. The molecule has 1 amide bonds. The molecule has 1 aromatic rings. The van der Waals surface area contributed by atoms with E-state index in [-0.39, 0.29) is 29.7 Å². The van der Waals surface area contributed by atoms with Crippen molar-refractivity contribution in [1.29, 1.82) is 0 Å². The van der Waals surface area contributed by atoms with E-state index in [1.807, 2.05) is 0 Å². The predicted molar refractivity (Wildman–Crippen MR) is 119 cm³/mol. The number of primary amides is 1. The number of aromatic hydroxyl groups is 1. The monoisotopic (exact) mass is 457 g/mol. The van der Waals surface area contributed by atoms with Gasteiger partial charge in [0.1, 0.15) is 22.8 Å². The number of fused-ring (bicyclic) bond motifs is 3. The molecule has 6 N–H and O–H groups in total. The number of carbonyl (C=O) groups is 3. The molecule has 0 aromatic heterocycles. The molecule has 0 heterocycles. The van der Waals surface area contributed by atoms with E-state index in [2.05, 4.69) is 0 Å². The summed E-state index contributed by atoms with van der Waals surface area (Å²) in [7, 11) is 6.55.